The molecule has 114 valence electrons. The lowest BCUT2D eigenvalue weighted by molar-refractivity contribution is -0.131. The zero-order chi connectivity index (χ0) is 15.9. The number of nitrogens with one attached hydrogen (secondary N) is 1. The number of carbonyl (C=O) groups excluding carboxylic acids is 2. The number of ether oxygens (including phenoxy) is 1. The van der Waals surface area contributed by atoms with E-state index < -0.39 is 5.97 Å². The van der Waals surface area contributed by atoms with E-state index in [9.17, 15) is 14.4 Å². The Labute approximate surface area is 126 Å². The molecular weight excluding hydrogens is 286 g/mol. The monoisotopic (exact) mass is 301 g/mol. The molecule has 7 heteroatoms. The van der Waals surface area contributed by atoms with Crippen LogP contribution in [0.1, 0.15) is 17.3 Å². The van der Waals surface area contributed by atoms with Gasteiger partial charge in [0, 0.05) is 44.0 Å². The molecular formula is C15H15N3O4. The zero-order valence-electron chi connectivity index (χ0n) is 12.0. The Bertz CT molecular complexity index is 725. The average molecular weight is 301 g/mol. The van der Waals surface area contributed by atoms with Crippen molar-refractivity contribution in [2.45, 2.75) is 13.5 Å². The number of aromatic nitrogens is 2. The second-order valence-corrected chi connectivity index (χ2v) is 4.48. The van der Waals surface area contributed by atoms with E-state index in [0.717, 1.165) is 0 Å². The number of pyridine rings is 2. The first kappa shape index (κ1) is 15.4. The number of nitrogens with zero attached hydrogens (tertiary/aromatic N) is 2. The molecule has 2 rings (SSSR count). The summed E-state index contributed by atoms with van der Waals surface area (Å²) in [5.41, 5.74) is 0.255. The van der Waals surface area contributed by atoms with Crippen molar-refractivity contribution in [1.82, 2.24) is 14.9 Å². The van der Waals surface area contributed by atoms with Gasteiger partial charge in [-0.2, -0.15) is 0 Å². The van der Waals surface area contributed by atoms with Gasteiger partial charge in [0.2, 0.25) is 0 Å². The van der Waals surface area contributed by atoms with E-state index in [4.69, 9.17) is 4.74 Å². The second-order valence-electron chi connectivity index (χ2n) is 4.48. The molecule has 0 spiro atoms. The van der Waals surface area contributed by atoms with Crippen LogP contribution in [0.2, 0.25) is 0 Å². The molecule has 0 aliphatic rings. The van der Waals surface area contributed by atoms with Crippen molar-refractivity contribution < 1.29 is 14.3 Å². The van der Waals surface area contributed by atoms with E-state index in [-0.39, 0.29) is 30.3 Å². The molecule has 0 radical (unpaired) electrons. The molecule has 0 atom stereocenters. The van der Waals surface area contributed by atoms with Gasteiger partial charge in [0.15, 0.2) is 0 Å². The van der Waals surface area contributed by atoms with Crippen molar-refractivity contribution in [3.8, 4) is 5.75 Å². The van der Waals surface area contributed by atoms with Gasteiger partial charge in [0.1, 0.15) is 5.75 Å². The van der Waals surface area contributed by atoms with Crippen LogP contribution >= 0.6 is 0 Å². The van der Waals surface area contributed by atoms with Crippen molar-refractivity contribution >= 4 is 11.9 Å². The number of hydrogen-bond donors (Lipinski definition) is 1. The van der Waals surface area contributed by atoms with E-state index in [0.29, 0.717) is 5.56 Å². The first-order chi connectivity index (χ1) is 10.6. The molecule has 0 fully saturated rings. The van der Waals surface area contributed by atoms with E-state index in [1.165, 1.54) is 42.2 Å². The van der Waals surface area contributed by atoms with E-state index in [1.54, 1.807) is 12.1 Å². The standard InChI is InChI=1S/C15H15N3O4/c1-11(19)22-13-2-3-14(20)18(10-13)9-8-17-15(21)12-4-6-16-7-5-12/h2-7,10H,8-9H2,1H3,(H,17,21). The van der Waals surface area contributed by atoms with Gasteiger partial charge in [-0.15, -0.1) is 0 Å². The van der Waals surface area contributed by atoms with Crippen molar-refractivity contribution in [2.75, 3.05) is 6.54 Å². The lowest BCUT2D eigenvalue weighted by atomic mass is 10.2. The van der Waals surface area contributed by atoms with Crippen molar-refractivity contribution in [1.29, 1.82) is 0 Å². The Hall–Kier alpha value is -2.96. The first-order valence-electron chi connectivity index (χ1n) is 6.63. The highest BCUT2D eigenvalue weighted by atomic mass is 16.5. The van der Waals surface area contributed by atoms with Gasteiger partial charge in [-0.1, -0.05) is 0 Å². The Morgan fingerprint density at radius 1 is 1.23 bits per heavy atom. The summed E-state index contributed by atoms with van der Waals surface area (Å²) < 4.78 is 6.28. The Morgan fingerprint density at radius 2 is 1.95 bits per heavy atom. The van der Waals surface area contributed by atoms with Crippen molar-refractivity contribution in [2.24, 2.45) is 0 Å². The molecule has 1 N–H and O–H groups in total. The molecule has 2 aromatic rings. The molecule has 1 amide bonds. The maximum atomic E-state index is 11.8. The highest BCUT2D eigenvalue weighted by Crippen LogP contribution is 2.06. The van der Waals surface area contributed by atoms with Gasteiger partial charge >= 0.3 is 5.97 Å². The molecule has 0 bridgehead atoms. The molecule has 2 aromatic heterocycles. The van der Waals surface area contributed by atoms with Crippen LogP contribution in [0.5, 0.6) is 5.75 Å². The molecule has 0 unspecified atom stereocenters. The summed E-state index contributed by atoms with van der Waals surface area (Å²) in [4.78, 5) is 38.3. The minimum absolute atomic E-state index is 0.242. The lowest BCUT2D eigenvalue weighted by Gasteiger charge is -2.09. The largest absolute Gasteiger partial charge is 0.425 e. The molecule has 2 heterocycles. The van der Waals surface area contributed by atoms with E-state index in [1.807, 2.05) is 0 Å². The molecule has 0 saturated carbocycles. The average Bonchev–Trinajstić information content (AvgIpc) is 2.50. The number of amides is 1. The minimum atomic E-state index is -0.462. The van der Waals surface area contributed by atoms with Gasteiger partial charge in [-0.25, -0.2) is 0 Å². The van der Waals surface area contributed by atoms with Crippen LogP contribution in [-0.2, 0) is 11.3 Å². The summed E-state index contributed by atoms with van der Waals surface area (Å²) in [6, 6.07) is 5.93. The highest BCUT2D eigenvalue weighted by molar-refractivity contribution is 5.93. The van der Waals surface area contributed by atoms with Crippen molar-refractivity contribution in [3.05, 3.63) is 58.8 Å². The Balaban J connectivity index is 1.95. The lowest BCUT2D eigenvalue weighted by Crippen LogP contribution is -2.30. The van der Waals surface area contributed by atoms with Crippen LogP contribution in [0.3, 0.4) is 0 Å². The van der Waals surface area contributed by atoms with Crippen LogP contribution in [0, 0.1) is 0 Å². The number of hydrogen-bond acceptors (Lipinski definition) is 5. The molecule has 0 saturated heterocycles. The van der Waals surface area contributed by atoms with Crippen LogP contribution in [0.4, 0.5) is 0 Å². The Morgan fingerprint density at radius 3 is 2.64 bits per heavy atom. The third-order valence-electron chi connectivity index (χ3n) is 2.80. The van der Waals surface area contributed by atoms with Crippen LogP contribution in [-0.4, -0.2) is 28.0 Å². The van der Waals surface area contributed by atoms with Crippen LogP contribution in [0.25, 0.3) is 0 Å². The molecule has 0 aliphatic heterocycles. The molecule has 0 aliphatic carbocycles. The maximum Gasteiger partial charge on any atom is 0.308 e. The summed E-state index contributed by atoms with van der Waals surface area (Å²) in [5.74, 6) is -0.421. The summed E-state index contributed by atoms with van der Waals surface area (Å²) in [5, 5.41) is 2.70. The van der Waals surface area contributed by atoms with Gasteiger partial charge in [-0.3, -0.25) is 19.4 Å². The van der Waals surface area contributed by atoms with Crippen LogP contribution < -0.4 is 15.6 Å². The van der Waals surface area contributed by atoms with Crippen molar-refractivity contribution in [3.63, 3.8) is 0 Å². The third-order valence-corrected chi connectivity index (χ3v) is 2.80. The predicted octanol–water partition coefficient (Wildman–Crippen LogP) is 0.599. The second kappa shape index (κ2) is 7.16. The molecule has 0 aromatic carbocycles. The number of carbonyl (C=O) groups is 2. The quantitative estimate of drug-likeness (QED) is 0.817. The fourth-order valence-corrected chi connectivity index (χ4v) is 1.81. The number of rotatable bonds is 5. The SMILES string of the molecule is CC(=O)Oc1ccc(=O)n(CCNC(=O)c2ccncc2)c1. The Kier molecular flexibility index (Phi) is 5.02. The fourth-order valence-electron chi connectivity index (χ4n) is 1.81. The smallest absolute Gasteiger partial charge is 0.308 e. The summed E-state index contributed by atoms with van der Waals surface area (Å²) in [6.07, 6.45) is 4.49. The number of esters is 1. The highest BCUT2D eigenvalue weighted by Gasteiger charge is 2.05. The van der Waals surface area contributed by atoms with Gasteiger partial charge in [-0.05, 0) is 18.2 Å². The summed E-state index contributed by atoms with van der Waals surface area (Å²) >= 11 is 0. The summed E-state index contributed by atoms with van der Waals surface area (Å²) in [6.45, 7) is 1.82. The maximum absolute atomic E-state index is 11.8. The molecule has 22 heavy (non-hydrogen) atoms. The topological polar surface area (TPSA) is 90.3 Å². The van der Waals surface area contributed by atoms with E-state index >= 15 is 0 Å². The minimum Gasteiger partial charge on any atom is -0.425 e. The van der Waals surface area contributed by atoms with Crippen LogP contribution in [0.15, 0.2) is 47.7 Å². The summed E-state index contributed by atoms with van der Waals surface area (Å²) in [7, 11) is 0. The third kappa shape index (κ3) is 4.27. The zero-order valence-corrected chi connectivity index (χ0v) is 12.0. The van der Waals surface area contributed by atoms with Gasteiger partial charge in [0.05, 0.1) is 6.20 Å². The molecule has 7 nitrogen and oxygen atoms in total. The van der Waals surface area contributed by atoms with Gasteiger partial charge < -0.3 is 14.6 Å². The normalized spacial score (nSPS) is 10.0. The first-order valence-corrected chi connectivity index (χ1v) is 6.63. The fraction of sp³-hybridized carbons (Fsp3) is 0.200. The van der Waals surface area contributed by atoms with Gasteiger partial charge in [0.25, 0.3) is 11.5 Å². The van der Waals surface area contributed by atoms with E-state index in [2.05, 4.69) is 10.3 Å². The predicted molar refractivity (Wildman–Crippen MR) is 78.6 cm³/mol.